The lowest BCUT2D eigenvalue weighted by atomic mass is 10.1. The van der Waals surface area contributed by atoms with Crippen LogP contribution in [0.3, 0.4) is 0 Å². The van der Waals surface area contributed by atoms with Gasteiger partial charge in [-0.2, -0.15) is 0 Å². The van der Waals surface area contributed by atoms with Gasteiger partial charge in [-0.3, -0.25) is 4.79 Å². The highest BCUT2D eigenvalue weighted by Crippen LogP contribution is 2.21. The van der Waals surface area contributed by atoms with Gasteiger partial charge in [0.15, 0.2) is 9.84 Å². The van der Waals surface area contributed by atoms with E-state index in [1.807, 2.05) is 31.2 Å². The maximum Gasteiger partial charge on any atom is 0.226 e. The van der Waals surface area contributed by atoms with Gasteiger partial charge in [-0.25, -0.2) is 8.42 Å². The monoisotopic (exact) mass is 311 g/mol. The number of nitrogens with zero attached hydrogens (tertiary/aromatic N) is 1. The molecule has 0 saturated carbocycles. The van der Waals surface area contributed by atoms with Gasteiger partial charge < -0.3 is 9.64 Å². The molecule has 0 N–H and O–H groups in total. The Hall–Kier alpha value is -1.56. The van der Waals surface area contributed by atoms with E-state index >= 15 is 0 Å². The summed E-state index contributed by atoms with van der Waals surface area (Å²) in [6.45, 7) is 3.02. The average molecular weight is 311 g/mol. The molecule has 1 unspecified atom stereocenters. The molecule has 1 atom stereocenters. The quantitative estimate of drug-likeness (QED) is 0.826. The molecule has 0 bridgehead atoms. The van der Waals surface area contributed by atoms with Crippen molar-refractivity contribution in [3.8, 4) is 5.75 Å². The number of amides is 1. The molecule has 1 saturated heterocycles. The van der Waals surface area contributed by atoms with E-state index in [1.54, 1.807) is 11.9 Å². The number of rotatable bonds is 5. The minimum absolute atomic E-state index is 0.0144. The largest absolute Gasteiger partial charge is 0.494 e. The molecule has 21 heavy (non-hydrogen) atoms. The molecule has 0 radical (unpaired) electrons. The molecule has 0 aliphatic carbocycles. The summed E-state index contributed by atoms with van der Waals surface area (Å²) in [6.07, 6.45) is 0.439. The van der Waals surface area contributed by atoms with Gasteiger partial charge in [0.1, 0.15) is 5.75 Å². The second-order valence-corrected chi connectivity index (χ2v) is 7.60. The molecule has 0 spiro atoms. The zero-order chi connectivity index (χ0) is 15.5. The molecule has 2 rings (SSSR count). The maximum absolute atomic E-state index is 12.2. The number of carbonyl (C=O) groups is 1. The van der Waals surface area contributed by atoms with Gasteiger partial charge in [0.25, 0.3) is 0 Å². The predicted octanol–water partition coefficient (Wildman–Crippen LogP) is 1.48. The third-order valence-electron chi connectivity index (χ3n) is 3.61. The summed E-state index contributed by atoms with van der Waals surface area (Å²) in [5.74, 6) is 0.435. The average Bonchev–Trinajstić information content (AvgIpc) is 2.80. The molecule has 1 aliphatic rings. The van der Waals surface area contributed by atoms with Gasteiger partial charge >= 0.3 is 0 Å². The van der Waals surface area contributed by atoms with Crippen LogP contribution in [0.1, 0.15) is 18.9 Å². The standard InChI is InChI=1S/C15H21NO4S/c1-3-20-14-6-4-12(5-7-14)10-16(2)15(17)13-8-9-21(18,19)11-13/h4-7,13H,3,8-11H2,1-2H3. The van der Waals surface area contributed by atoms with Crippen LogP contribution in [0.2, 0.25) is 0 Å². The van der Waals surface area contributed by atoms with Gasteiger partial charge in [0.2, 0.25) is 5.91 Å². The SMILES string of the molecule is CCOc1ccc(CN(C)C(=O)C2CCS(=O)(=O)C2)cc1. The van der Waals surface area contributed by atoms with Crippen molar-refractivity contribution in [3.63, 3.8) is 0 Å². The lowest BCUT2D eigenvalue weighted by Crippen LogP contribution is -2.33. The molecule has 1 aliphatic heterocycles. The highest BCUT2D eigenvalue weighted by Gasteiger charge is 2.34. The zero-order valence-electron chi connectivity index (χ0n) is 12.4. The second-order valence-electron chi connectivity index (χ2n) is 5.37. The lowest BCUT2D eigenvalue weighted by Gasteiger charge is -2.20. The number of carbonyl (C=O) groups excluding carboxylic acids is 1. The van der Waals surface area contributed by atoms with E-state index < -0.39 is 9.84 Å². The first-order valence-electron chi connectivity index (χ1n) is 7.08. The topological polar surface area (TPSA) is 63.7 Å². The van der Waals surface area contributed by atoms with Crippen LogP contribution in [0.5, 0.6) is 5.75 Å². The summed E-state index contributed by atoms with van der Waals surface area (Å²) in [5, 5.41) is 0. The molecular formula is C15H21NO4S. The van der Waals surface area contributed by atoms with E-state index in [0.717, 1.165) is 11.3 Å². The fourth-order valence-corrected chi connectivity index (χ4v) is 4.24. The van der Waals surface area contributed by atoms with Crippen LogP contribution in [-0.4, -0.2) is 44.4 Å². The van der Waals surface area contributed by atoms with E-state index in [2.05, 4.69) is 0 Å². The summed E-state index contributed by atoms with van der Waals surface area (Å²) in [6, 6.07) is 7.58. The fraction of sp³-hybridized carbons (Fsp3) is 0.533. The van der Waals surface area contributed by atoms with E-state index in [-0.39, 0.29) is 23.3 Å². The molecule has 1 amide bonds. The minimum atomic E-state index is -3.02. The number of hydrogen-bond acceptors (Lipinski definition) is 4. The first kappa shape index (κ1) is 15.8. The van der Waals surface area contributed by atoms with E-state index in [0.29, 0.717) is 19.6 Å². The van der Waals surface area contributed by atoms with Crippen LogP contribution >= 0.6 is 0 Å². The Kier molecular flexibility index (Phi) is 4.88. The Balaban J connectivity index is 1.94. The van der Waals surface area contributed by atoms with E-state index in [9.17, 15) is 13.2 Å². The van der Waals surface area contributed by atoms with E-state index in [1.165, 1.54) is 0 Å². The third kappa shape index (κ3) is 4.20. The van der Waals surface area contributed by atoms with Crippen LogP contribution in [0.25, 0.3) is 0 Å². The van der Waals surface area contributed by atoms with Gasteiger partial charge in [-0.05, 0) is 31.0 Å². The summed E-state index contributed by atoms with van der Waals surface area (Å²) in [7, 11) is -1.31. The van der Waals surface area contributed by atoms with E-state index in [4.69, 9.17) is 4.74 Å². The number of benzene rings is 1. The Labute approximate surface area is 125 Å². The summed E-state index contributed by atoms with van der Waals surface area (Å²) in [5.41, 5.74) is 0.996. The molecule has 0 aromatic heterocycles. The van der Waals surface area contributed by atoms with Crippen LogP contribution in [0.4, 0.5) is 0 Å². The molecular weight excluding hydrogens is 290 g/mol. The van der Waals surface area contributed by atoms with Crippen molar-refractivity contribution in [1.82, 2.24) is 4.90 Å². The van der Waals surface area contributed by atoms with Crippen LogP contribution in [0.15, 0.2) is 24.3 Å². The number of sulfone groups is 1. The Bertz CT molecular complexity index is 595. The summed E-state index contributed by atoms with van der Waals surface area (Å²) < 4.78 is 28.3. The number of hydrogen-bond donors (Lipinski definition) is 0. The highest BCUT2D eigenvalue weighted by atomic mass is 32.2. The molecule has 1 aromatic carbocycles. The highest BCUT2D eigenvalue weighted by molar-refractivity contribution is 7.91. The molecule has 5 nitrogen and oxygen atoms in total. The minimum Gasteiger partial charge on any atom is -0.494 e. The summed E-state index contributed by atoms with van der Waals surface area (Å²) >= 11 is 0. The maximum atomic E-state index is 12.2. The van der Waals surface area contributed by atoms with Gasteiger partial charge in [0, 0.05) is 13.6 Å². The van der Waals surface area contributed by atoms with Crippen molar-refractivity contribution in [3.05, 3.63) is 29.8 Å². The van der Waals surface area contributed by atoms with Crippen molar-refractivity contribution in [2.45, 2.75) is 19.9 Å². The Morgan fingerprint density at radius 2 is 2.00 bits per heavy atom. The van der Waals surface area contributed by atoms with Gasteiger partial charge in [-0.15, -0.1) is 0 Å². The van der Waals surface area contributed by atoms with Crippen molar-refractivity contribution in [1.29, 1.82) is 0 Å². The fourth-order valence-electron chi connectivity index (χ4n) is 2.51. The molecule has 1 aromatic rings. The molecule has 6 heteroatoms. The lowest BCUT2D eigenvalue weighted by molar-refractivity contribution is -0.133. The van der Waals surface area contributed by atoms with Crippen LogP contribution in [0, 0.1) is 5.92 Å². The second kappa shape index (κ2) is 6.47. The summed E-state index contributed by atoms with van der Waals surface area (Å²) in [4.78, 5) is 13.8. The van der Waals surface area contributed by atoms with Crippen molar-refractivity contribution in [2.75, 3.05) is 25.2 Å². The normalized spacial score (nSPS) is 20.2. The van der Waals surface area contributed by atoms with Crippen LogP contribution in [-0.2, 0) is 21.2 Å². The smallest absolute Gasteiger partial charge is 0.226 e. The third-order valence-corrected chi connectivity index (χ3v) is 5.38. The van der Waals surface area contributed by atoms with Gasteiger partial charge in [0.05, 0.1) is 24.0 Å². The predicted molar refractivity (Wildman–Crippen MR) is 80.8 cm³/mol. The van der Waals surface area contributed by atoms with Crippen molar-refractivity contribution in [2.24, 2.45) is 5.92 Å². The molecule has 1 fully saturated rings. The van der Waals surface area contributed by atoms with Crippen LogP contribution < -0.4 is 4.74 Å². The number of ether oxygens (including phenoxy) is 1. The Morgan fingerprint density at radius 3 is 2.52 bits per heavy atom. The zero-order valence-corrected chi connectivity index (χ0v) is 13.2. The van der Waals surface area contributed by atoms with Gasteiger partial charge in [-0.1, -0.05) is 12.1 Å². The molecule has 1 heterocycles. The molecule has 116 valence electrons. The first-order chi connectivity index (χ1) is 9.91. The Morgan fingerprint density at radius 1 is 1.33 bits per heavy atom. The first-order valence-corrected chi connectivity index (χ1v) is 8.90. The van der Waals surface area contributed by atoms with Crippen molar-refractivity contribution >= 4 is 15.7 Å². The van der Waals surface area contributed by atoms with Crippen molar-refractivity contribution < 1.29 is 17.9 Å².